The van der Waals surface area contributed by atoms with Crippen LogP contribution in [-0.4, -0.2) is 33.1 Å². The molecule has 1 aliphatic heterocycles. The van der Waals surface area contributed by atoms with Gasteiger partial charge in [0, 0.05) is 17.3 Å². The topological polar surface area (TPSA) is 72.5 Å². The van der Waals surface area contributed by atoms with Crippen molar-refractivity contribution in [2.75, 3.05) is 6.61 Å². The molecule has 21 heavy (non-hydrogen) atoms. The van der Waals surface area contributed by atoms with E-state index in [1.54, 1.807) is 6.92 Å². The first kappa shape index (κ1) is 16.1. The summed E-state index contributed by atoms with van der Waals surface area (Å²) in [7, 11) is 0.809. The SMILES string of the molecule is CC1OCCC1NC(=O)c1cc(S(=O)(=O)Cl)cc(F)c1F. The molecule has 1 N–H and O–H groups in total. The molecule has 0 saturated carbocycles. The number of halogens is 3. The molecule has 0 bridgehead atoms. The maximum atomic E-state index is 13.7. The van der Waals surface area contributed by atoms with Crippen LogP contribution in [0, 0.1) is 11.6 Å². The highest BCUT2D eigenvalue weighted by atomic mass is 35.7. The van der Waals surface area contributed by atoms with Gasteiger partial charge in [0.1, 0.15) is 0 Å². The van der Waals surface area contributed by atoms with Crippen molar-refractivity contribution in [2.45, 2.75) is 30.4 Å². The molecular formula is C12H12ClF2NO4S. The van der Waals surface area contributed by atoms with Crippen LogP contribution in [0.1, 0.15) is 23.7 Å². The number of amides is 1. The first-order valence-electron chi connectivity index (χ1n) is 6.06. The molecule has 9 heteroatoms. The third kappa shape index (κ3) is 3.50. The maximum absolute atomic E-state index is 13.7. The predicted molar refractivity (Wildman–Crippen MR) is 70.7 cm³/mol. The van der Waals surface area contributed by atoms with Gasteiger partial charge < -0.3 is 10.1 Å². The van der Waals surface area contributed by atoms with Gasteiger partial charge in [0.2, 0.25) is 0 Å². The van der Waals surface area contributed by atoms with E-state index in [-0.39, 0.29) is 12.1 Å². The number of hydrogen-bond acceptors (Lipinski definition) is 4. The Balaban J connectivity index is 2.34. The van der Waals surface area contributed by atoms with E-state index in [1.165, 1.54) is 0 Å². The normalized spacial score (nSPS) is 22.3. The smallest absolute Gasteiger partial charge is 0.261 e. The molecule has 2 unspecified atom stereocenters. The zero-order valence-electron chi connectivity index (χ0n) is 10.9. The minimum absolute atomic E-state index is 0.262. The third-order valence-corrected chi connectivity index (χ3v) is 4.55. The lowest BCUT2D eigenvalue weighted by Gasteiger charge is -2.16. The summed E-state index contributed by atoms with van der Waals surface area (Å²) in [6, 6.07) is 0.781. The van der Waals surface area contributed by atoms with E-state index >= 15 is 0 Å². The fraction of sp³-hybridized carbons (Fsp3) is 0.417. The van der Waals surface area contributed by atoms with Crippen molar-refractivity contribution in [1.82, 2.24) is 5.32 Å². The minimum atomic E-state index is -4.28. The largest absolute Gasteiger partial charge is 0.376 e. The maximum Gasteiger partial charge on any atom is 0.261 e. The van der Waals surface area contributed by atoms with Gasteiger partial charge in [-0.3, -0.25) is 4.79 Å². The van der Waals surface area contributed by atoms with Crippen molar-refractivity contribution in [3.63, 3.8) is 0 Å². The van der Waals surface area contributed by atoms with Gasteiger partial charge in [0.25, 0.3) is 15.0 Å². The van der Waals surface area contributed by atoms with Gasteiger partial charge in [-0.15, -0.1) is 0 Å². The van der Waals surface area contributed by atoms with Crippen LogP contribution in [0.5, 0.6) is 0 Å². The fourth-order valence-corrected chi connectivity index (χ4v) is 2.81. The Morgan fingerprint density at radius 2 is 2.10 bits per heavy atom. The van der Waals surface area contributed by atoms with Gasteiger partial charge in [-0.2, -0.15) is 0 Å². The number of rotatable bonds is 3. The average Bonchev–Trinajstić information content (AvgIpc) is 2.76. The van der Waals surface area contributed by atoms with Crippen molar-refractivity contribution in [2.24, 2.45) is 0 Å². The van der Waals surface area contributed by atoms with E-state index in [4.69, 9.17) is 15.4 Å². The van der Waals surface area contributed by atoms with Crippen molar-refractivity contribution in [1.29, 1.82) is 0 Å². The standard InChI is InChI=1S/C12H12ClF2NO4S/c1-6-10(2-3-20-6)16-12(17)8-4-7(21(13,18)19)5-9(14)11(8)15/h4-6,10H,2-3H2,1H3,(H,16,17). The van der Waals surface area contributed by atoms with E-state index in [0.29, 0.717) is 25.2 Å². The average molecular weight is 340 g/mol. The summed E-state index contributed by atoms with van der Waals surface area (Å²) in [6.07, 6.45) is 0.270. The second-order valence-electron chi connectivity index (χ2n) is 4.65. The molecule has 0 aliphatic carbocycles. The highest BCUT2D eigenvalue weighted by molar-refractivity contribution is 8.13. The van der Waals surface area contributed by atoms with Crippen LogP contribution >= 0.6 is 10.7 Å². The first-order valence-corrected chi connectivity index (χ1v) is 8.37. The van der Waals surface area contributed by atoms with Crippen LogP contribution in [0.15, 0.2) is 17.0 Å². The summed E-state index contributed by atoms with van der Waals surface area (Å²) in [4.78, 5) is 11.3. The van der Waals surface area contributed by atoms with Gasteiger partial charge in [-0.05, 0) is 25.5 Å². The van der Waals surface area contributed by atoms with E-state index in [0.717, 1.165) is 0 Å². The van der Waals surface area contributed by atoms with Gasteiger partial charge in [0.15, 0.2) is 11.6 Å². The molecule has 1 fully saturated rings. The lowest BCUT2D eigenvalue weighted by molar-refractivity contribution is 0.0861. The molecule has 1 aromatic rings. The first-order chi connectivity index (χ1) is 9.70. The number of ether oxygens (including phenoxy) is 1. The Labute approximate surface area is 124 Å². The van der Waals surface area contributed by atoms with Gasteiger partial charge in [0.05, 0.1) is 22.6 Å². The Hall–Kier alpha value is -1.25. The van der Waals surface area contributed by atoms with Crippen LogP contribution in [0.3, 0.4) is 0 Å². The van der Waals surface area contributed by atoms with Crippen LogP contribution < -0.4 is 5.32 Å². The second kappa shape index (κ2) is 5.86. The summed E-state index contributed by atoms with van der Waals surface area (Å²) in [5, 5.41) is 2.48. The van der Waals surface area contributed by atoms with Gasteiger partial charge in [-0.25, -0.2) is 17.2 Å². The molecule has 1 aromatic carbocycles. The van der Waals surface area contributed by atoms with E-state index < -0.39 is 37.1 Å². The second-order valence-corrected chi connectivity index (χ2v) is 7.21. The molecule has 116 valence electrons. The molecule has 0 aromatic heterocycles. The fourth-order valence-electron chi connectivity index (χ4n) is 2.04. The zero-order valence-corrected chi connectivity index (χ0v) is 12.5. The number of hydrogen-bond donors (Lipinski definition) is 1. The molecule has 1 saturated heterocycles. The summed E-state index contributed by atoms with van der Waals surface area (Å²) in [5.41, 5.74) is -0.715. The van der Waals surface area contributed by atoms with E-state index in [9.17, 15) is 22.0 Å². The molecule has 5 nitrogen and oxygen atoms in total. The number of carbonyl (C=O) groups is 1. The number of benzene rings is 1. The third-order valence-electron chi connectivity index (χ3n) is 3.22. The summed E-state index contributed by atoms with van der Waals surface area (Å²) in [5.74, 6) is -3.81. The minimum Gasteiger partial charge on any atom is -0.376 e. The Bertz CT molecular complexity index is 680. The van der Waals surface area contributed by atoms with Crippen molar-refractivity contribution in [3.8, 4) is 0 Å². The quantitative estimate of drug-likeness (QED) is 0.852. The number of carbonyl (C=O) groups excluding carboxylic acids is 1. The van der Waals surface area contributed by atoms with Gasteiger partial charge >= 0.3 is 0 Å². The predicted octanol–water partition coefficient (Wildman–Crippen LogP) is 1.80. The summed E-state index contributed by atoms with van der Waals surface area (Å²) in [6.45, 7) is 2.17. The molecule has 1 heterocycles. The van der Waals surface area contributed by atoms with E-state index in [1.807, 2.05) is 0 Å². The van der Waals surface area contributed by atoms with Crippen LogP contribution in [0.25, 0.3) is 0 Å². The molecule has 2 atom stereocenters. The molecule has 0 spiro atoms. The molecule has 1 aliphatic rings. The molecule has 2 rings (SSSR count). The van der Waals surface area contributed by atoms with Crippen molar-refractivity contribution >= 4 is 25.6 Å². The molecular weight excluding hydrogens is 328 g/mol. The van der Waals surface area contributed by atoms with E-state index in [2.05, 4.69) is 5.32 Å². The highest BCUT2D eigenvalue weighted by Crippen LogP contribution is 2.22. The highest BCUT2D eigenvalue weighted by Gasteiger charge is 2.28. The lowest BCUT2D eigenvalue weighted by Crippen LogP contribution is -2.39. The Morgan fingerprint density at radius 1 is 1.43 bits per heavy atom. The van der Waals surface area contributed by atoms with Crippen molar-refractivity contribution in [3.05, 3.63) is 29.3 Å². The zero-order chi connectivity index (χ0) is 15.8. The van der Waals surface area contributed by atoms with Crippen LogP contribution in [0.4, 0.5) is 8.78 Å². The Kier molecular flexibility index (Phi) is 4.50. The summed E-state index contributed by atoms with van der Waals surface area (Å²) < 4.78 is 54.7. The van der Waals surface area contributed by atoms with Crippen LogP contribution in [-0.2, 0) is 13.8 Å². The lowest BCUT2D eigenvalue weighted by atomic mass is 10.1. The monoisotopic (exact) mass is 339 g/mol. The van der Waals surface area contributed by atoms with Crippen LogP contribution in [0.2, 0.25) is 0 Å². The molecule has 1 amide bonds. The number of nitrogens with one attached hydrogen (secondary N) is 1. The van der Waals surface area contributed by atoms with Crippen molar-refractivity contribution < 1.29 is 26.7 Å². The Morgan fingerprint density at radius 3 is 2.62 bits per heavy atom. The molecule has 0 radical (unpaired) electrons. The van der Waals surface area contributed by atoms with Gasteiger partial charge in [-0.1, -0.05) is 0 Å². The summed E-state index contributed by atoms with van der Waals surface area (Å²) >= 11 is 0.